The normalized spacial score (nSPS) is 10.7. The van der Waals surface area contributed by atoms with E-state index < -0.39 is 0 Å². The number of rotatable bonds is 4. The first-order chi connectivity index (χ1) is 11.5. The molecule has 3 rings (SSSR count). The fourth-order valence-corrected chi connectivity index (χ4v) is 2.80. The predicted molar refractivity (Wildman–Crippen MR) is 106 cm³/mol. The van der Waals surface area contributed by atoms with Crippen LogP contribution in [-0.2, 0) is 13.1 Å². The van der Waals surface area contributed by atoms with Gasteiger partial charge in [-0.2, -0.15) is 0 Å². The van der Waals surface area contributed by atoms with Crippen molar-refractivity contribution in [3.63, 3.8) is 0 Å². The number of nitrogens with zero attached hydrogens (tertiary/aromatic N) is 1. The Balaban J connectivity index is 2.11. The molecule has 0 radical (unpaired) electrons. The monoisotopic (exact) mass is 355 g/mol. The Kier molecular flexibility index (Phi) is 4.73. The van der Waals surface area contributed by atoms with Crippen molar-refractivity contribution in [2.75, 3.05) is 0 Å². The highest BCUT2D eigenvalue weighted by Crippen LogP contribution is 2.24. The van der Waals surface area contributed by atoms with Crippen LogP contribution in [0.3, 0.4) is 0 Å². The minimum absolute atomic E-state index is 0.272. The van der Waals surface area contributed by atoms with Gasteiger partial charge < -0.3 is 22.1 Å². The molecule has 0 bridgehead atoms. The third kappa shape index (κ3) is 3.52. The highest BCUT2D eigenvalue weighted by atomic mass is 32.1. The van der Waals surface area contributed by atoms with E-state index in [9.17, 15) is 0 Å². The largest absolute Gasteiger partial charge is 0.376 e. The van der Waals surface area contributed by atoms with Crippen LogP contribution >= 0.6 is 24.4 Å². The number of hydrogen-bond acceptors (Lipinski definition) is 3. The Labute approximate surface area is 150 Å². The van der Waals surface area contributed by atoms with E-state index in [0.29, 0.717) is 13.1 Å². The van der Waals surface area contributed by atoms with Gasteiger partial charge in [0, 0.05) is 23.9 Å². The van der Waals surface area contributed by atoms with E-state index in [4.69, 9.17) is 40.9 Å². The Morgan fingerprint density at radius 3 is 1.71 bits per heavy atom. The molecule has 122 valence electrons. The zero-order valence-electron chi connectivity index (χ0n) is 12.9. The molecule has 2 aromatic carbocycles. The van der Waals surface area contributed by atoms with Crippen molar-refractivity contribution in [2.24, 2.45) is 11.5 Å². The second kappa shape index (κ2) is 6.94. The summed E-state index contributed by atoms with van der Waals surface area (Å²) in [5.74, 6) is 0. The number of benzene rings is 2. The van der Waals surface area contributed by atoms with Gasteiger partial charge in [-0.25, -0.2) is 4.98 Å². The number of hydrogen-bond donors (Lipinski definition) is 4. The van der Waals surface area contributed by atoms with Crippen LogP contribution in [0.2, 0.25) is 0 Å². The van der Waals surface area contributed by atoms with Crippen LogP contribution in [0.5, 0.6) is 0 Å². The van der Waals surface area contributed by atoms with Crippen LogP contribution in [0.15, 0.2) is 42.5 Å². The van der Waals surface area contributed by atoms with Crippen LogP contribution in [-0.4, -0.2) is 15.2 Å². The van der Waals surface area contributed by atoms with E-state index in [1.165, 1.54) is 0 Å². The molecule has 0 atom stereocenters. The maximum absolute atomic E-state index is 5.53. The lowest BCUT2D eigenvalue weighted by molar-refractivity contribution is 0.921. The first kappa shape index (κ1) is 16.4. The maximum Gasteiger partial charge on any atom is 0.163 e. The number of thiocarbonyl (C=S) groups is 2. The number of fused-ring (bicyclic) bond motifs is 2. The van der Waals surface area contributed by atoms with Gasteiger partial charge in [0.15, 0.2) is 10.2 Å². The molecule has 0 aliphatic carbocycles. The van der Waals surface area contributed by atoms with Gasteiger partial charge in [-0.05, 0) is 41.6 Å². The van der Waals surface area contributed by atoms with Crippen LogP contribution in [0.1, 0.15) is 11.1 Å². The molecule has 7 heteroatoms. The van der Waals surface area contributed by atoms with Crippen molar-refractivity contribution in [1.82, 2.24) is 15.6 Å². The fraction of sp³-hybridized carbons (Fsp3) is 0.118. The van der Waals surface area contributed by atoms with Gasteiger partial charge in [-0.3, -0.25) is 0 Å². The average Bonchev–Trinajstić information content (AvgIpc) is 2.56. The number of aromatic nitrogens is 1. The summed E-state index contributed by atoms with van der Waals surface area (Å²) in [7, 11) is 0. The van der Waals surface area contributed by atoms with Crippen molar-refractivity contribution in [1.29, 1.82) is 0 Å². The number of nitrogens with two attached hydrogens (primary N) is 2. The zero-order chi connectivity index (χ0) is 17.1. The summed E-state index contributed by atoms with van der Waals surface area (Å²) in [6.07, 6.45) is 0. The predicted octanol–water partition coefficient (Wildman–Crippen LogP) is 2.05. The van der Waals surface area contributed by atoms with E-state index >= 15 is 0 Å². The highest BCUT2D eigenvalue weighted by Gasteiger charge is 2.08. The van der Waals surface area contributed by atoms with Gasteiger partial charge in [0.2, 0.25) is 0 Å². The quantitative estimate of drug-likeness (QED) is 0.421. The molecular weight excluding hydrogens is 338 g/mol. The number of para-hydroxylation sites is 2. The van der Waals surface area contributed by atoms with Gasteiger partial charge in [0.05, 0.1) is 11.0 Å². The molecule has 3 aromatic rings. The molecule has 0 amide bonds. The van der Waals surface area contributed by atoms with E-state index in [0.717, 1.165) is 32.9 Å². The second-order valence-corrected chi connectivity index (χ2v) is 6.28. The minimum atomic E-state index is 0.272. The van der Waals surface area contributed by atoms with Gasteiger partial charge in [0.25, 0.3) is 0 Å². The summed E-state index contributed by atoms with van der Waals surface area (Å²) in [5.41, 5.74) is 15.0. The zero-order valence-corrected chi connectivity index (χ0v) is 14.5. The summed E-state index contributed by atoms with van der Waals surface area (Å²) in [6.45, 7) is 1.08. The molecule has 0 aliphatic heterocycles. The van der Waals surface area contributed by atoms with Crippen LogP contribution in [0, 0.1) is 0 Å². The molecule has 5 nitrogen and oxygen atoms in total. The van der Waals surface area contributed by atoms with Crippen LogP contribution in [0.4, 0.5) is 0 Å². The van der Waals surface area contributed by atoms with E-state index in [1.54, 1.807) is 0 Å². The molecule has 1 aromatic heterocycles. The van der Waals surface area contributed by atoms with Crippen molar-refractivity contribution < 1.29 is 0 Å². The minimum Gasteiger partial charge on any atom is -0.376 e. The third-order valence-electron chi connectivity index (χ3n) is 3.74. The van der Waals surface area contributed by atoms with Crippen molar-refractivity contribution in [2.45, 2.75) is 13.1 Å². The summed E-state index contributed by atoms with van der Waals surface area (Å²) >= 11 is 9.78. The SMILES string of the molecule is NC(=S)NCc1cccc2cc3cccc(CNC(N)=S)c3nc12. The van der Waals surface area contributed by atoms with Gasteiger partial charge in [0.1, 0.15) is 0 Å². The summed E-state index contributed by atoms with van der Waals surface area (Å²) in [6, 6.07) is 14.3. The van der Waals surface area contributed by atoms with E-state index in [2.05, 4.69) is 16.7 Å². The fourth-order valence-electron chi connectivity index (χ4n) is 2.66. The first-order valence-electron chi connectivity index (χ1n) is 7.41. The van der Waals surface area contributed by atoms with E-state index in [1.807, 2.05) is 36.4 Å². The molecule has 0 spiro atoms. The van der Waals surface area contributed by atoms with Gasteiger partial charge in [-0.15, -0.1) is 0 Å². The lowest BCUT2D eigenvalue weighted by Crippen LogP contribution is -2.28. The lowest BCUT2D eigenvalue weighted by Gasteiger charge is -2.11. The Hall–Kier alpha value is -2.51. The summed E-state index contributed by atoms with van der Waals surface area (Å²) < 4.78 is 0. The van der Waals surface area contributed by atoms with Crippen LogP contribution in [0.25, 0.3) is 21.8 Å². The Morgan fingerprint density at radius 1 is 0.833 bits per heavy atom. The third-order valence-corrected chi connectivity index (χ3v) is 4.03. The topological polar surface area (TPSA) is 89.0 Å². The van der Waals surface area contributed by atoms with Crippen molar-refractivity contribution in [3.8, 4) is 0 Å². The Morgan fingerprint density at radius 2 is 1.29 bits per heavy atom. The van der Waals surface area contributed by atoms with E-state index in [-0.39, 0.29) is 10.2 Å². The molecule has 6 N–H and O–H groups in total. The first-order valence-corrected chi connectivity index (χ1v) is 8.23. The lowest BCUT2D eigenvalue weighted by atomic mass is 10.0. The van der Waals surface area contributed by atoms with Gasteiger partial charge in [-0.1, -0.05) is 36.4 Å². The van der Waals surface area contributed by atoms with Crippen molar-refractivity contribution in [3.05, 3.63) is 53.6 Å². The maximum atomic E-state index is 5.53. The molecular formula is C17H17N5S2. The molecule has 0 saturated carbocycles. The smallest absolute Gasteiger partial charge is 0.163 e. The number of nitrogens with one attached hydrogen (secondary N) is 2. The Bertz CT molecular complexity index is 866. The van der Waals surface area contributed by atoms with Crippen molar-refractivity contribution >= 4 is 56.5 Å². The van der Waals surface area contributed by atoms with Crippen LogP contribution < -0.4 is 22.1 Å². The molecule has 0 unspecified atom stereocenters. The highest BCUT2D eigenvalue weighted by molar-refractivity contribution is 7.80. The molecule has 0 aliphatic rings. The molecule has 0 fully saturated rings. The van der Waals surface area contributed by atoms with Gasteiger partial charge >= 0.3 is 0 Å². The molecule has 1 heterocycles. The molecule has 0 saturated heterocycles. The summed E-state index contributed by atoms with van der Waals surface area (Å²) in [5, 5.41) is 8.65. The standard InChI is InChI=1S/C17H17N5S2/c18-16(23)20-8-12-5-1-3-10-7-11-4-2-6-13(9-21-17(19)24)15(11)22-14(10)12/h1-7H,8-9H2,(H3,18,20,23)(H3,19,21,24). The summed E-state index contributed by atoms with van der Waals surface area (Å²) in [4.78, 5) is 4.89. The second-order valence-electron chi connectivity index (χ2n) is 5.40. The molecule has 24 heavy (non-hydrogen) atoms. The number of pyridine rings is 1. The average molecular weight is 355 g/mol.